The smallest absolute Gasteiger partial charge is 0.268 e. The molecule has 1 aromatic heterocycles. The summed E-state index contributed by atoms with van der Waals surface area (Å²) in [7, 11) is 0. The number of hydrogen-bond donors (Lipinski definition) is 2. The Bertz CT molecular complexity index is 770. The molecular formula is C18H19N3O3. The van der Waals surface area contributed by atoms with Gasteiger partial charge in [-0.25, -0.2) is 0 Å². The maximum absolute atomic E-state index is 12.2. The lowest BCUT2D eigenvalue weighted by Gasteiger charge is -2.16. The Morgan fingerprint density at radius 2 is 2.38 bits per heavy atom. The van der Waals surface area contributed by atoms with Crippen LogP contribution in [0.5, 0.6) is 5.75 Å². The van der Waals surface area contributed by atoms with Crippen molar-refractivity contribution in [3.63, 3.8) is 0 Å². The van der Waals surface area contributed by atoms with Gasteiger partial charge in [-0.05, 0) is 24.6 Å². The van der Waals surface area contributed by atoms with Gasteiger partial charge in [0.25, 0.3) is 5.91 Å². The minimum absolute atomic E-state index is 0.0582. The summed E-state index contributed by atoms with van der Waals surface area (Å²) in [6.45, 7) is 3.67. The maximum atomic E-state index is 12.2. The highest BCUT2D eigenvalue weighted by Gasteiger charge is 2.19. The van der Waals surface area contributed by atoms with Crippen LogP contribution in [0.2, 0.25) is 0 Å². The van der Waals surface area contributed by atoms with E-state index < -0.39 is 0 Å². The molecule has 0 spiro atoms. The van der Waals surface area contributed by atoms with E-state index in [-0.39, 0.29) is 12.0 Å². The Balaban J connectivity index is 1.67. The Hall–Kier alpha value is -2.78. The number of amides is 1. The minimum Gasteiger partial charge on any atom is -0.488 e. The zero-order chi connectivity index (χ0) is 16.9. The van der Waals surface area contributed by atoms with Crippen LogP contribution in [0.15, 0.2) is 30.5 Å². The van der Waals surface area contributed by atoms with Crippen LogP contribution in [0.1, 0.15) is 33.6 Å². The van der Waals surface area contributed by atoms with E-state index in [1.165, 1.54) is 12.3 Å². The molecule has 0 radical (unpaired) electrons. The number of nitrogens with one attached hydrogen (secondary N) is 2. The van der Waals surface area contributed by atoms with Gasteiger partial charge >= 0.3 is 0 Å². The number of rotatable bonds is 5. The number of ether oxygens (including phenoxy) is 2. The number of benzene rings is 1. The molecule has 0 bridgehead atoms. The summed E-state index contributed by atoms with van der Waals surface area (Å²) in [4.78, 5) is 15.0. The molecule has 1 aliphatic heterocycles. The van der Waals surface area contributed by atoms with E-state index in [1.54, 1.807) is 0 Å². The largest absolute Gasteiger partial charge is 0.488 e. The Morgan fingerprint density at radius 1 is 1.50 bits per heavy atom. The third-order valence-corrected chi connectivity index (χ3v) is 3.90. The summed E-state index contributed by atoms with van der Waals surface area (Å²) >= 11 is 0. The predicted molar refractivity (Wildman–Crippen MR) is 87.7 cm³/mol. The van der Waals surface area contributed by atoms with E-state index in [2.05, 4.69) is 10.3 Å². The molecule has 1 aliphatic rings. The van der Waals surface area contributed by atoms with Gasteiger partial charge in [-0.15, -0.1) is 0 Å². The first-order chi connectivity index (χ1) is 11.7. The van der Waals surface area contributed by atoms with Gasteiger partial charge in [0, 0.05) is 24.7 Å². The van der Waals surface area contributed by atoms with E-state index in [9.17, 15) is 4.79 Å². The topological polar surface area (TPSA) is 87.1 Å². The highest BCUT2D eigenvalue weighted by atomic mass is 16.5. The van der Waals surface area contributed by atoms with Crippen LogP contribution in [0.25, 0.3) is 0 Å². The Morgan fingerprint density at radius 3 is 3.08 bits per heavy atom. The third-order valence-electron chi connectivity index (χ3n) is 3.90. The second-order valence-corrected chi connectivity index (χ2v) is 5.81. The van der Waals surface area contributed by atoms with Gasteiger partial charge in [0.1, 0.15) is 23.6 Å². The average molecular weight is 325 g/mol. The zero-order valence-corrected chi connectivity index (χ0v) is 13.5. The number of nitrogens with zero attached hydrogens (tertiary/aromatic N) is 1. The van der Waals surface area contributed by atoms with Crippen molar-refractivity contribution in [3.05, 3.63) is 52.8 Å². The van der Waals surface area contributed by atoms with Gasteiger partial charge < -0.3 is 19.8 Å². The highest BCUT2D eigenvalue weighted by Crippen LogP contribution is 2.23. The van der Waals surface area contributed by atoms with Crippen LogP contribution in [-0.4, -0.2) is 30.2 Å². The molecule has 0 unspecified atom stereocenters. The first kappa shape index (κ1) is 16.1. The minimum atomic E-state index is -0.257. The van der Waals surface area contributed by atoms with Crippen molar-refractivity contribution in [2.24, 2.45) is 0 Å². The summed E-state index contributed by atoms with van der Waals surface area (Å²) < 4.78 is 11.4. The summed E-state index contributed by atoms with van der Waals surface area (Å²) in [5.41, 5.74) is 2.81. The molecule has 3 rings (SSSR count). The second kappa shape index (κ2) is 7.20. The number of hydrogen-bond acceptors (Lipinski definition) is 4. The molecule has 1 amide bonds. The highest BCUT2D eigenvalue weighted by molar-refractivity contribution is 5.92. The molecule has 6 nitrogen and oxygen atoms in total. The van der Waals surface area contributed by atoms with Crippen molar-refractivity contribution in [2.75, 3.05) is 13.2 Å². The number of carbonyl (C=O) groups is 1. The van der Waals surface area contributed by atoms with Crippen LogP contribution >= 0.6 is 0 Å². The third kappa shape index (κ3) is 3.76. The molecule has 6 heteroatoms. The number of carbonyl (C=O) groups excluding carboxylic acids is 1. The van der Waals surface area contributed by atoms with Gasteiger partial charge in [-0.2, -0.15) is 5.26 Å². The van der Waals surface area contributed by atoms with Crippen molar-refractivity contribution in [1.29, 1.82) is 5.26 Å². The first-order valence-electron chi connectivity index (χ1n) is 7.86. The fourth-order valence-electron chi connectivity index (χ4n) is 2.56. The number of aryl methyl sites for hydroxylation is 1. The molecule has 24 heavy (non-hydrogen) atoms. The van der Waals surface area contributed by atoms with Crippen LogP contribution < -0.4 is 10.1 Å². The fourth-order valence-corrected chi connectivity index (χ4v) is 2.56. The van der Waals surface area contributed by atoms with Gasteiger partial charge in [-0.3, -0.25) is 4.79 Å². The normalized spacial score (nSPS) is 16.6. The number of aromatic nitrogens is 1. The maximum Gasteiger partial charge on any atom is 0.268 e. The lowest BCUT2D eigenvalue weighted by atomic mass is 10.1. The van der Waals surface area contributed by atoms with E-state index in [4.69, 9.17) is 14.7 Å². The number of aromatic amines is 1. The summed E-state index contributed by atoms with van der Waals surface area (Å²) in [6, 6.07) is 9.43. The Kier molecular flexibility index (Phi) is 4.82. The van der Waals surface area contributed by atoms with Gasteiger partial charge in [0.15, 0.2) is 0 Å². The molecule has 2 aromatic rings. The van der Waals surface area contributed by atoms with Crippen LogP contribution in [-0.2, 0) is 11.3 Å². The van der Waals surface area contributed by atoms with E-state index >= 15 is 0 Å². The second-order valence-electron chi connectivity index (χ2n) is 5.81. The molecule has 124 valence electrons. The summed E-state index contributed by atoms with van der Waals surface area (Å²) in [5, 5.41) is 11.7. The first-order valence-corrected chi connectivity index (χ1v) is 7.86. The van der Waals surface area contributed by atoms with Crippen LogP contribution in [0.3, 0.4) is 0 Å². The van der Waals surface area contributed by atoms with Crippen molar-refractivity contribution >= 4 is 5.91 Å². The predicted octanol–water partition coefficient (Wildman–Crippen LogP) is 2.29. The molecule has 2 N–H and O–H groups in total. The Labute approximate surface area is 140 Å². The molecular weight excluding hydrogens is 306 g/mol. The van der Waals surface area contributed by atoms with Crippen molar-refractivity contribution in [2.45, 2.75) is 26.0 Å². The van der Waals surface area contributed by atoms with Gasteiger partial charge in [-0.1, -0.05) is 12.1 Å². The zero-order valence-electron chi connectivity index (χ0n) is 13.5. The monoisotopic (exact) mass is 325 g/mol. The molecule has 1 atom stereocenters. The molecule has 1 saturated heterocycles. The van der Waals surface area contributed by atoms with Crippen LogP contribution in [0, 0.1) is 18.3 Å². The fraction of sp³-hybridized carbons (Fsp3) is 0.333. The van der Waals surface area contributed by atoms with E-state index in [1.807, 2.05) is 31.2 Å². The van der Waals surface area contributed by atoms with Crippen molar-refractivity contribution in [3.8, 4) is 11.8 Å². The molecule has 1 fully saturated rings. The molecule has 1 aromatic carbocycles. The van der Waals surface area contributed by atoms with Crippen molar-refractivity contribution < 1.29 is 14.3 Å². The van der Waals surface area contributed by atoms with E-state index in [0.29, 0.717) is 24.4 Å². The molecule has 2 heterocycles. The quantitative estimate of drug-likeness (QED) is 0.883. The average Bonchev–Trinajstić information content (AvgIpc) is 3.25. The molecule has 0 saturated carbocycles. The SMILES string of the molecule is Cc1ccc(CNC(=O)c2cc(C#N)c[nH]2)c(O[C@@H]2CCOC2)c1. The molecule has 0 aliphatic carbocycles. The number of nitriles is 1. The summed E-state index contributed by atoms with van der Waals surface area (Å²) in [5.74, 6) is 0.516. The summed E-state index contributed by atoms with van der Waals surface area (Å²) in [6.07, 6.45) is 2.44. The van der Waals surface area contributed by atoms with Crippen molar-refractivity contribution in [1.82, 2.24) is 10.3 Å². The lowest BCUT2D eigenvalue weighted by molar-refractivity contribution is 0.0945. The van der Waals surface area contributed by atoms with Gasteiger partial charge in [0.05, 0.1) is 18.8 Å². The lowest BCUT2D eigenvalue weighted by Crippen LogP contribution is -2.24. The standard InChI is InChI=1S/C18H19N3O3/c1-12-2-3-14(17(6-12)24-15-4-5-23-11-15)10-21-18(22)16-7-13(8-19)9-20-16/h2-3,6-7,9,15,20H,4-5,10-11H2,1H3,(H,21,22)/t15-/m1/s1. The number of H-pyrrole nitrogens is 1. The van der Waals surface area contributed by atoms with Gasteiger partial charge in [0.2, 0.25) is 0 Å². The van der Waals surface area contributed by atoms with E-state index in [0.717, 1.165) is 29.9 Å². The van der Waals surface area contributed by atoms with Crippen LogP contribution in [0.4, 0.5) is 0 Å².